The molecule has 8 heteroatoms. The van der Waals surface area contributed by atoms with Gasteiger partial charge in [-0.25, -0.2) is 8.42 Å². The highest BCUT2D eigenvalue weighted by molar-refractivity contribution is 7.92. The standard InChI is InChI=1S/C12H19N5O2S/c1-9(2)17-7-10(6-14-17)15-20(18,19)12-4-11(5-13)16(3)8-12/h4,6-9,15H,5,13H2,1-3H3. The first kappa shape index (κ1) is 14.6. The van der Waals surface area contributed by atoms with Crippen LogP contribution in [0.5, 0.6) is 0 Å². The van der Waals surface area contributed by atoms with Crippen molar-refractivity contribution in [3.05, 3.63) is 30.4 Å². The van der Waals surface area contributed by atoms with Crippen LogP contribution in [0.15, 0.2) is 29.6 Å². The molecule has 0 saturated heterocycles. The van der Waals surface area contributed by atoms with E-state index in [1.54, 1.807) is 28.6 Å². The van der Waals surface area contributed by atoms with Gasteiger partial charge in [-0.1, -0.05) is 0 Å². The van der Waals surface area contributed by atoms with Crippen LogP contribution in [-0.2, 0) is 23.6 Å². The molecule has 7 nitrogen and oxygen atoms in total. The fourth-order valence-corrected chi connectivity index (χ4v) is 2.94. The fraction of sp³-hybridized carbons (Fsp3) is 0.417. The summed E-state index contributed by atoms with van der Waals surface area (Å²) in [4.78, 5) is 0.192. The molecule has 2 heterocycles. The number of hydrogen-bond acceptors (Lipinski definition) is 4. The number of anilines is 1. The summed E-state index contributed by atoms with van der Waals surface area (Å²) in [5, 5.41) is 4.10. The molecule has 2 rings (SSSR count). The molecule has 0 aromatic carbocycles. The Morgan fingerprint density at radius 3 is 2.60 bits per heavy atom. The van der Waals surface area contributed by atoms with Crippen LogP contribution in [-0.4, -0.2) is 22.8 Å². The molecule has 0 aliphatic carbocycles. The number of aryl methyl sites for hydroxylation is 1. The Labute approximate surface area is 118 Å². The number of sulfonamides is 1. The van der Waals surface area contributed by atoms with E-state index in [2.05, 4.69) is 9.82 Å². The summed E-state index contributed by atoms with van der Waals surface area (Å²) in [6.07, 6.45) is 4.69. The molecule has 110 valence electrons. The highest BCUT2D eigenvalue weighted by Crippen LogP contribution is 2.18. The molecule has 0 aliphatic rings. The van der Waals surface area contributed by atoms with Crippen molar-refractivity contribution < 1.29 is 8.42 Å². The van der Waals surface area contributed by atoms with E-state index in [-0.39, 0.29) is 17.5 Å². The summed E-state index contributed by atoms with van der Waals surface area (Å²) in [5.41, 5.74) is 6.74. The van der Waals surface area contributed by atoms with Gasteiger partial charge in [-0.3, -0.25) is 9.40 Å². The van der Waals surface area contributed by atoms with Gasteiger partial charge in [0.25, 0.3) is 10.0 Å². The highest BCUT2D eigenvalue weighted by atomic mass is 32.2. The Balaban J connectivity index is 2.25. The number of rotatable bonds is 5. The first-order valence-electron chi connectivity index (χ1n) is 6.26. The number of hydrogen-bond donors (Lipinski definition) is 2. The van der Waals surface area contributed by atoms with Crippen LogP contribution < -0.4 is 10.5 Å². The monoisotopic (exact) mass is 297 g/mol. The minimum Gasteiger partial charge on any atom is -0.352 e. The van der Waals surface area contributed by atoms with Crippen molar-refractivity contribution in [1.82, 2.24) is 14.3 Å². The van der Waals surface area contributed by atoms with Crippen molar-refractivity contribution in [2.45, 2.75) is 31.3 Å². The van der Waals surface area contributed by atoms with Crippen molar-refractivity contribution in [3.8, 4) is 0 Å². The van der Waals surface area contributed by atoms with E-state index in [1.165, 1.54) is 12.4 Å². The molecule has 0 aliphatic heterocycles. The average Bonchev–Trinajstić information content (AvgIpc) is 2.95. The van der Waals surface area contributed by atoms with Gasteiger partial charge in [-0.15, -0.1) is 0 Å². The predicted octanol–water partition coefficient (Wildman–Crippen LogP) is 1.06. The second-order valence-electron chi connectivity index (χ2n) is 4.89. The van der Waals surface area contributed by atoms with Crippen molar-refractivity contribution in [1.29, 1.82) is 0 Å². The lowest BCUT2D eigenvalue weighted by atomic mass is 10.4. The van der Waals surface area contributed by atoms with Gasteiger partial charge in [0.05, 0.1) is 11.9 Å². The predicted molar refractivity (Wildman–Crippen MR) is 76.7 cm³/mol. The van der Waals surface area contributed by atoms with Crippen molar-refractivity contribution >= 4 is 15.7 Å². The number of nitrogens with zero attached hydrogens (tertiary/aromatic N) is 3. The SMILES string of the molecule is CC(C)n1cc(NS(=O)(=O)c2cc(CN)n(C)c2)cn1. The van der Waals surface area contributed by atoms with E-state index in [0.717, 1.165) is 5.69 Å². The second kappa shape index (κ2) is 5.29. The number of nitrogens with two attached hydrogens (primary N) is 1. The molecule has 3 N–H and O–H groups in total. The summed E-state index contributed by atoms with van der Waals surface area (Å²) < 4.78 is 30.4. The fourth-order valence-electron chi connectivity index (χ4n) is 1.81. The second-order valence-corrected chi connectivity index (χ2v) is 6.57. The van der Waals surface area contributed by atoms with Crippen molar-refractivity contribution in [3.63, 3.8) is 0 Å². The third kappa shape index (κ3) is 2.86. The Bertz CT molecular complexity index is 699. The van der Waals surface area contributed by atoms with Crippen LogP contribution in [0, 0.1) is 0 Å². The minimum absolute atomic E-state index is 0.175. The Kier molecular flexibility index (Phi) is 3.87. The van der Waals surface area contributed by atoms with Gasteiger partial charge in [0, 0.05) is 37.7 Å². The zero-order chi connectivity index (χ0) is 14.9. The van der Waals surface area contributed by atoms with Gasteiger partial charge < -0.3 is 10.3 Å². The molecule has 0 unspecified atom stereocenters. The summed E-state index contributed by atoms with van der Waals surface area (Å²) >= 11 is 0. The molecule has 0 bridgehead atoms. The molecule has 0 amide bonds. The van der Waals surface area contributed by atoms with Crippen LogP contribution in [0.2, 0.25) is 0 Å². The third-order valence-corrected chi connectivity index (χ3v) is 4.33. The van der Waals surface area contributed by atoms with E-state index < -0.39 is 10.0 Å². The smallest absolute Gasteiger partial charge is 0.263 e. The zero-order valence-electron chi connectivity index (χ0n) is 11.7. The van der Waals surface area contributed by atoms with Crippen LogP contribution in [0.3, 0.4) is 0 Å². The topological polar surface area (TPSA) is 94.9 Å². The minimum atomic E-state index is -3.62. The molecule has 0 atom stereocenters. The largest absolute Gasteiger partial charge is 0.352 e. The van der Waals surface area contributed by atoms with Gasteiger partial charge in [-0.2, -0.15) is 5.10 Å². The average molecular weight is 297 g/mol. The lowest BCUT2D eigenvalue weighted by Gasteiger charge is -2.04. The molecule has 0 saturated carbocycles. The van der Waals surface area contributed by atoms with E-state index in [0.29, 0.717) is 5.69 Å². The summed E-state index contributed by atoms with van der Waals surface area (Å²) in [7, 11) is -1.86. The van der Waals surface area contributed by atoms with Crippen molar-refractivity contribution in [2.24, 2.45) is 12.8 Å². The molecule has 0 radical (unpaired) electrons. The number of nitrogens with one attached hydrogen (secondary N) is 1. The first-order chi connectivity index (χ1) is 9.33. The quantitative estimate of drug-likeness (QED) is 0.862. The first-order valence-corrected chi connectivity index (χ1v) is 7.74. The van der Waals surface area contributed by atoms with E-state index in [1.807, 2.05) is 13.8 Å². The van der Waals surface area contributed by atoms with Crippen LogP contribution >= 0.6 is 0 Å². The van der Waals surface area contributed by atoms with Crippen molar-refractivity contribution in [2.75, 3.05) is 4.72 Å². The maximum absolute atomic E-state index is 12.3. The normalized spacial score (nSPS) is 12.1. The molecule has 2 aromatic heterocycles. The summed E-state index contributed by atoms with van der Waals surface area (Å²) in [6.45, 7) is 4.23. The Morgan fingerprint density at radius 1 is 1.40 bits per heavy atom. The van der Waals surface area contributed by atoms with E-state index in [9.17, 15) is 8.42 Å². The molecule has 0 spiro atoms. The van der Waals surface area contributed by atoms with Crippen LogP contribution in [0.1, 0.15) is 25.6 Å². The molecule has 0 fully saturated rings. The Hall–Kier alpha value is -1.80. The van der Waals surface area contributed by atoms with E-state index in [4.69, 9.17) is 5.73 Å². The van der Waals surface area contributed by atoms with Gasteiger partial charge in [0.15, 0.2) is 0 Å². The van der Waals surface area contributed by atoms with Gasteiger partial charge >= 0.3 is 0 Å². The molecular weight excluding hydrogens is 278 g/mol. The maximum atomic E-state index is 12.3. The Morgan fingerprint density at radius 2 is 2.10 bits per heavy atom. The van der Waals surface area contributed by atoms with Gasteiger partial charge in [0.1, 0.15) is 4.90 Å². The summed E-state index contributed by atoms with van der Waals surface area (Å²) in [6, 6.07) is 1.74. The van der Waals surface area contributed by atoms with Gasteiger partial charge in [0.2, 0.25) is 0 Å². The highest BCUT2D eigenvalue weighted by Gasteiger charge is 2.18. The lowest BCUT2D eigenvalue weighted by molar-refractivity contribution is 0.532. The molecular formula is C12H19N5O2S. The summed E-state index contributed by atoms with van der Waals surface area (Å²) in [5.74, 6) is 0. The van der Waals surface area contributed by atoms with Crippen LogP contribution in [0.4, 0.5) is 5.69 Å². The van der Waals surface area contributed by atoms with Crippen LogP contribution in [0.25, 0.3) is 0 Å². The maximum Gasteiger partial charge on any atom is 0.263 e. The third-order valence-electron chi connectivity index (χ3n) is 2.99. The van der Waals surface area contributed by atoms with E-state index >= 15 is 0 Å². The lowest BCUT2D eigenvalue weighted by Crippen LogP contribution is -2.12. The number of aromatic nitrogens is 3. The van der Waals surface area contributed by atoms with Gasteiger partial charge in [-0.05, 0) is 19.9 Å². The molecule has 20 heavy (non-hydrogen) atoms. The zero-order valence-corrected chi connectivity index (χ0v) is 12.6. The molecule has 2 aromatic rings.